The van der Waals surface area contributed by atoms with Crippen LogP contribution >= 0.6 is 0 Å². The van der Waals surface area contributed by atoms with Crippen molar-refractivity contribution in [3.8, 4) is 0 Å². The van der Waals surface area contributed by atoms with Crippen LogP contribution in [0.25, 0.3) is 10.9 Å². The predicted octanol–water partition coefficient (Wildman–Crippen LogP) is 0.145. The Morgan fingerprint density at radius 3 is 2.54 bits per heavy atom. The summed E-state index contributed by atoms with van der Waals surface area (Å²) < 4.78 is 27.7. The number of aromatic nitrogens is 1. The SMILES string of the molecule is CS(=O)(=O)O.NC(N)=NC(=O)c1cc2cccc3c2n1CCC3=O. The number of carbonyl (C=O) groups excluding carboxylic acids is 2. The Kier molecular flexibility index (Phi) is 4.71. The van der Waals surface area contributed by atoms with Crippen molar-refractivity contribution in [3.63, 3.8) is 0 Å². The highest BCUT2D eigenvalue weighted by atomic mass is 32.2. The molecule has 0 radical (unpaired) electrons. The van der Waals surface area contributed by atoms with Crippen LogP contribution in [0.2, 0.25) is 0 Å². The van der Waals surface area contributed by atoms with Gasteiger partial charge in [-0.3, -0.25) is 14.1 Å². The molecule has 0 atom stereocenters. The number of rotatable bonds is 1. The van der Waals surface area contributed by atoms with Crippen molar-refractivity contribution in [2.24, 2.45) is 16.5 Å². The van der Waals surface area contributed by atoms with Crippen LogP contribution in [-0.4, -0.2) is 41.4 Å². The third kappa shape index (κ3) is 3.97. The summed E-state index contributed by atoms with van der Waals surface area (Å²) in [6.07, 6.45) is 1.09. The summed E-state index contributed by atoms with van der Waals surface area (Å²) >= 11 is 0. The maximum atomic E-state index is 12.0. The van der Waals surface area contributed by atoms with Gasteiger partial charge in [-0.25, -0.2) is 0 Å². The number of carbonyl (C=O) groups is 2. The summed E-state index contributed by atoms with van der Waals surface area (Å²) in [5.74, 6) is -0.663. The van der Waals surface area contributed by atoms with Crippen molar-refractivity contribution in [2.75, 3.05) is 6.26 Å². The van der Waals surface area contributed by atoms with Gasteiger partial charge in [0.05, 0.1) is 11.8 Å². The fourth-order valence-corrected chi connectivity index (χ4v) is 2.48. The van der Waals surface area contributed by atoms with Gasteiger partial charge < -0.3 is 16.0 Å². The molecule has 0 saturated carbocycles. The molecule has 0 fully saturated rings. The number of nitrogens with zero attached hydrogens (tertiary/aromatic N) is 2. The van der Waals surface area contributed by atoms with Crippen LogP contribution in [0.5, 0.6) is 0 Å². The summed E-state index contributed by atoms with van der Waals surface area (Å²) in [5, 5.41) is 0.847. The molecule has 2 aromatic rings. The first-order chi connectivity index (χ1) is 11.1. The Hall–Kier alpha value is -2.72. The fourth-order valence-electron chi connectivity index (χ4n) is 2.48. The van der Waals surface area contributed by atoms with E-state index in [1.165, 1.54) is 0 Å². The molecule has 1 amide bonds. The zero-order valence-corrected chi connectivity index (χ0v) is 13.6. The summed E-state index contributed by atoms with van der Waals surface area (Å²) in [4.78, 5) is 27.4. The highest BCUT2D eigenvalue weighted by molar-refractivity contribution is 7.85. The first-order valence-electron chi connectivity index (χ1n) is 6.80. The number of aliphatic imine (C=N–C) groups is 1. The largest absolute Gasteiger partial charge is 0.370 e. The van der Waals surface area contributed by atoms with Gasteiger partial charge in [0.2, 0.25) is 0 Å². The van der Waals surface area contributed by atoms with Crippen molar-refractivity contribution in [1.29, 1.82) is 0 Å². The van der Waals surface area contributed by atoms with Crippen LogP contribution in [-0.2, 0) is 16.7 Å². The van der Waals surface area contributed by atoms with Crippen molar-refractivity contribution in [1.82, 2.24) is 4.57 Å². The fraction of sp³-hybridized carbons (Fsp3) is 0.214. The molecule has 0 unspecified atom stereocenters. The highest BCUT2D eigenvalue weighted by Crippen LogP contribution is 2.29. The number of ketones is 1. The molecule has 0 saturated heterocycles. The maximum Gasteiger partial charge on any atom is 0.296 e. The first-order valence-corrected chi connectivity index (χ1v) is 8.64. The molecule has 10 heteroatoms. The van der Waals surface area contributed by atoms with E-state index in [0.29, 0.717) is 30.5 Å². The van der Waals surface area contributed by atoms with Crippen molar-refractivity contribution >= 4 is 38.7 Å². The molecule has 5 N–H and O–H groups in total. The number of aryl methyl sites for hydroxylation is 1. The molecule has 1 aromatic carbocycles. The van der Waals surface area contributed by atoms with E-state index in [9.17, 15) is 18.0 Å². The van der Waals surface area contributed by atoms with E-state index in [4.69, 9.17) is 16.0 Å². The molecular formula is C14H16N4O5S. The van der Waals surface area contributed by atoms with E-state index in [1.807, 2.05) is 6.07 Å². The Bertz CT molecular complexity index is 947. The van der Waals surface area contributed by atoms with E-state index in [-0.39, 0.29) is 11.7 Å². The molecular weight excluding hydrogens is 336 g/mol. The smallest absolute Gasteiger partial charge is 0.296 e. The molecule has 0 aliphatic carbocycles. The van der Waals surface area contributed by atoms with Gasteiger partial charge in [0.1, 0.15) is 5.69 Å². The summed E-state index contributed by atoms with van der Waals surface area (Å²) in [7, 11) is -3.67. The van der Waals surface area contributed by atoms with Crippen LogP contribution in [0.4, 0.5) is 0 Å². The van der Waals surface area contributed by atoms with E-state index in [2.05, 4.69) is 4.99 Å². The number of para-hydroxylation sites is 1. The number of amides is 1. The van der Waals surface area contributed by atoms with E-state index >= 15 is 0 Å². The molecule has 9 nitrogen and oxygen atoms in total. The lowest BCUT2D eigenvalue weighted by molar-refractivity contribution is 0.0958. The molecule has 1 aliphatic rings. The van der Waals surface area contributed by atoms with Crippen LogP contribution in [0.15, 0.2) is 29.3 Å². The number of hydrogen-bond acceptors (Lipinski definition) is 4. The van der Waals surface area contributed by atoms with E-state index in [1.54, 1.807) is 22.8 Å². The maximum absolute atomic E-state index is 12.0. The second-order valence-corrected chi connectivity index (χ2v) is 6.64. The number of Topliss-reactive ketones (excluding diaryl/α,β-unsaturated/α-hetero) is 1. The number of guanidine groups is 1. The van der Waals surface area contributed by atoms with Gasteiger partial charge in [0, 0.05) is 23.9 Å². The Morgan fingerprint density at radius 1 is 1.33 bits per heavy atom. The van der Waals surface area contributed by atoms with E-state index in [0.717, 1.165) is 10.9 Å². The van der Waals surface area contributed by atoms with Gasteiger partial charge in [0.15, 0.2) is 11.7 Å². The normalized spacial score (nSPS) is 13.2. The third-order valence-corrected chi connectivity index (χ3v) is 3.23. The number of hydrogen-bond donors (Lipinski definition) is 3. The minimum absolute atomic E-state index is 0.0945. The molecule has 1 aliphatic heterocycles. The van der Waals surface area contributed by atoms with Crippen LogP contribution in [0.3, 0.4) is 0 Å². The van der Waals surface area contributed by atoms with Gasteiger partial charge in [0.25, 0.3) is 16.0 Å². The lowest BCUT2D eigenvalue weighted by Crippen LogP contribution is -2.25. The lowest BCUT2D eigenvalue weighted by Gasteiger charge is -2.16. The molecule has 0 spiro atoms. The van der Waals surface area contributed by atoms with Gasteiger partial charge in [-0.2, -0.15) is 13.4 Å². The van der Waals surface area contributed by atoms with Crippen LogP contribution in [0.1, 0.15) is 27.3 Å². The standard InChI is InChI=1S/C13H12N4O2.CH4O3S/c14-13(15)16-12(19)9-6-7-2-1-3-8-10(18)4-5-17(9)11(7)8;1-5(2,3)4/h1-3,6H,4-5H2,(H4,14,15,16,19);1H3,(H,2,3,4). The third-order valence-electron chi connectivity index (χ3n) is 3.23. The first kappa shape index (κ1) is 17.6. The predicted molar refractivity (Wildman–Crippen MR) is 88.5 cm³/mol. The van der Waals surface area contributed by atoms with Crippen molar-refractivity contribution < 1.29 is 22.6 Å². The highest BCUT2D eigenvalue weighted by Gasteiger charge is 2.24. The zero-order valence-electron chi connectivity index (χ0n) is 12.8. The minimum Gasteiger partial charge on any atom is -0.370 e. The summed E-state index contributed by atoms with van der Waals surface area (Å²) in [6.45, 7) is 0.473. The quantitative estimate of drug-likeness (QED) is 0.374. The lowest BCUT2D eigenvalue weighted by atomic mass is 10.0. The second kappa shape index (κ2) is 6.42. The number of benzene rings is 1. The minimum atomic E-state index is -3.67. The Balaban J connectivity index is 0.000000368. The molecule has 24 heavy (non-hydrogen) atoms. The Labute approximate surface area is 137 Å². The van der Waals surface area contributed by atoms with Gasteiger partial charge >= 0.3 is 0 Å². The molecule has 128 valence electrons. The van der Waals surface area contributed by atoms with Crippen LogP contribution < -0.4 is 11.5 Å². The van der Waals surface area contributed by atoms with E-state index < -0.39 is 16.0 Å². The average Bonchev–Trinajstić information content (AvgIpc) is 2.81. The average molecular weight is 352 g/mol. The molecule has 2 heterocycles. The van der Waals surface area contributed by atoms with Crippen molar-refractivity contribution in [3.05, 3.63) is 35.5 Å². The summed E-state index contributed by atoms with van der Waals surface area (Å²) in [5.41, 5.74) is 12.3. The van der Waals surface area contributed by atoms with Gasteiger partial charge in [-0.1, -0.05) is 12.1 Å². The Morgan fingerprint density at radius 2 is 1.96 bits per heavy atom. The molecule has 3 rings (SSSR count). The molecule has 1 aromatic heterocycles. The van der Waals surface area contributed by atoms with Gasteiger partial charge in [-0.05, 0) is 12.1 Å². The number of nitrogens with two attached hydrogens (primary N) is 2. The topological polar surface area (TPSA) is 158 Å². The monoisotopic (exact) mass is 352 g/mol. The van der Waals surface area contributed by atoms with Crippen molar-refractivity contribution in [2.45, 2.75) is 13.0 Å². The molecule has 0 bridgehead atoms. The van der Waals surface area contributed by atoms with Gasteiger partial charge in [-0.15, -0.1) is 0 Å². The second-order valence-electron chi connectivity index (χ2n) is 5.17. The summed E-state index contributed by atoms with van der Waals surface area (Å²) in [6, 6.07) is 7.15. The van der Waals surface area contributed by atoms with Crippen LogP contribution in [0, 0.1) is 0 Å². The zero-order chi connectivity index (χ0) is 18.1.